The summed E-state index contributed by atoms with van der Waals surface area (Å²) in [6.45, 7) is 5.75. The molecule has 0 aromatic heterocycles. The third kappa shape index (κ3) is 7.10. The summed E-state index contributed by atoms with van der Waals surface area (Å²) in [7, 11) is 1.51. The highest BCUT2D eigenvalue weighted by atomic mass is 35.5. The fraction of sp³-hybridized carbons (Fsp3) is 0.387. The van der Waals surface area contributed by atoms with Gasteiger partial charge in [-0.1, -0.05) is 30.2 Å². The van der Waals surface area contributed by atoms with E-state index < -0.39 is 5.82 Å². The lowest BCUT2D eigenvalue weighted by atomic mass is 9.99. The Kier molecular flexibility index (Phi) is 9.02. The summed E-state index contributed by atoms with van der Waals surface area (Å²) in [4.78, 5) is 18.2. The van der Waals surface area contributed by atoms with Crippen LogP contribution in [-0.4, -0.2) is 55.0 Å². The van der Waals surface area contributed by atoms with Gasteiger partial charge in [0, 0.05) is 28.9 Å². The smallest absolute Gasteiger partial charge is 0.255 e. The third-order valence-electron chi connectivity index (χ3n) is 7.75. The van der Waals surface area contributed by atoms with Crippen molar-refractivity contribution in [2.45, 2.75) is 44.7 Å². The molecule has 39 heavy (non-hydrogen) atoms. The van der Waals surface area contributed by atoms with E-state index in [-0.39, 0.29) is 11.6 Å². The van der Waals surface area contributed by atoms with Gasteiger partial charge in [-0.15, -0.1) is 0 Å². The molecule has 0 unspecified atom stereocenters. The Morgan fingerprint density at radius 2 is 1.67 bits per heavy atom. The SMILES string of the molecule is COc1cc(C(=O)Nc2ccc(CN3CCC(N4CCCCC4)CC3)cc2)ccc1Nc1ccc(Cl)cc1F. The monoisotopic (exact) mass is 550 g/mol. The summed E-state index contributed by atoms with van der Waals surface area (Å²) in [5, 5.41) is 6.27. The Bertz CT molecular complexity index is 1270. The first kappa shape index (κ1) is 27.4. The number of hydrogen-bond donors (Lipinski definition) is 2. The molecule has 2 heterocycles. The summed E-state index contributed by atoms with van der Waals surface area (Å²) in [5.41, 5.74) is 3.23. The molecule has 2 aliphatic rings. The third-order valence-corrected chi connectivity index (χ3v) is 7.98. The zero-order valence-corrected chi connectivity index (χ0v) is 23.1. The average Bonchev–Trinajstić information content (AvgIpc) is 2.96. The molecule has 2 fully saturated rings. The number of carbonyl (C=O) groups is 1. The van der Waals surface area contributed by atoms with Gasteiger partial charge in [0.15, 0.2) is 0 Å². The van der Waals surface area contributed by atoms with Crippen LogP contribution in [0.2, 0.25) is 5.02 Å². The number of likely N-dealkylation sites (tertiary alicyclic amines) is 2. The highest BCUT2D eigenvalue weighted by Crippen LogP contribution is 2.31. The molecule has 3 aromatic rings. The van der Waals surface area contributed by atoms with Crippen molar-refractivity contribution in [1.29, 1.82) is 0 Å². The number of halogens is 2. The van der Waals surface area contributed by atoms with Crippen LogP contribution in [0, 0.1) is 5.82 Å². The second-order valence-corrected chi connectivity index (χ2v) is 10.9. The molecular formula is C31H36ClFN4O2. The van der Waals surface area contributed by atoms with Crippen LogP contribution in [0.3, 0.4) is 0 Å². The number of nitrogens with one attached hydrogen (secondary N) is 2. The fourth-order valence-corrected chi connectivity index (χ4v) is 5.71. The lowest BCUT2D eigenvalue weighted by Gasteiger charge is -2.40. The maximum absolute atomic E-state index is 14.2. The van der Waals surface area contributed by atoms with Crippen LogP contribution in [0.4, 0.5) is 21.5 Å². The molecule has 206 valence electrons. The van der Waals surface area contributed by atoms with Crippen molar-refractivity contribution in [3.05, 3.63) is 82.6 Å². The molecule has 5 rings (SSSR count). The topological polar surface area (TPSA) is 56.8 Å². The van der Waals surface area contributed by atoms with Gasteiger partial charge < -0.3 is 20.3 Å². The van der Waals surface area contributed by atoms with Gasteiger partial charge in [-0.3, -0.25) is 9.69 Å². The first-order valence-corrected chi connectivity index (χ1v) is 14.1. The number of benzene rings is 3. The van der Waals surface area contributed by atoms with Crippen LogP contribution in [0.15, 0.2) is 60.7 Å². The molecular weight excluding hydrogens is 515 g/mol. The summed E-state index contributed by atoms with van der Waals surface area (Å²) < 4.78 is 19.7. The highest BCUT2D eigenvalue weighted by molar-refractivity contribution is 6.30. The first-order chi connectivity index (χ1) is 19.0. The average molecular weight is 551 g/mol. The minimum absolute atomic E-state index is 0.245. The van der Waals surface area contributed by atoms with Crippen molar-refractivity contribution in [2.24, 2.45) is 0 Å². The fourth-order valence-electron chi connectivity index (χ4n) is 5.55. The number of carbonyl (C=O) groups excluding carboxylic acids is 1. The van der Waals surface area contributed by atoms with Crippen molar-refractivity contribution in [2.75, 3.05) is 43.9 Å². The molecule has 0 atom stereocenters. The van der Waals surface area contributed by atoms with Crippen molar-refractivity contribution < 1.29 is 13.9 Å². The minimum Gasteiger partial charge on any atom is -0.495 e. The molecule has 0 saturated carbocycles. The lowest BCUT2D eigenvalue weighted by Crippen LogP contribution is -2.46. The molecule has 0 aliphatic carbocycles. The molecule has 0 spiro atoms. The van der Waals surface area contributed by atoms with Crippen LogP contribution in [0.5, 0.6) is 5.75 Å². The quantitative estimate of drug-likeness (QED) is 0.318. The summed E-state index contributed by atoms with van der Waals surface area (Å²) in [5.74, 6) is -0.293. The van der Waals surface area contributed by atoms with Crippen LogP contribution >= 0.6 is 11.6 Å². The van der Waals surface area contributed by atoms with Gasteiger partial charge in [-0.2, -0.15) is 0 Å². The van der Waals surface area contributed by atoms with Crippen LogP contribution in [0.1, 0.15) is 48.0 Å². The standard InChI is InChI=1S/C31H36ClFN4O2/c1-39-30-19-23(7-11-29(30)35-28-12-8-24(32)20-27(28)33)31(38)34-25-9-5-22(6-10-25)21-36-17-13-26(14-18-36)37-15-3-2-4-16-37/h5-12,19-20,26,35H,2-4,13-18,21H2,1H3,(H,34,38). The molecule has 0 radical (unpaired) electrons. The number of methoxy groups -OCH3 is 1. The van der Waals surface area contributed by atoms with Gasteiger partial charge in [-0.25, -0.2) is 4.39 Å². The Morgan fingerprint density at radius 3 is 2.36 bits per heavy atom. The number of piperidine rings is 2. The van der Waals surface area contributed by atoms with E-state index >= 15 is 0 Å². The maximum Gasteiger partial charge on any atom is 0.255 e. The number of nitrogens with zero attached hydrogens (tertiary/aromatic N) is 2. The minimum atomic E-state index is -0.475. The number of rotatable bonds is 8. The predicted octanol–water partition coefficient (Wildman–Crippen LogP) is 6.93. The van der Waals surface area contributed by atoms with E-state index in [0.717, 1.165) is 31.4 Å². The van der Waals surface area contributed by atoms with Gasteiger partial charge in [0.1, 0.15) is 11.6 Å². The maximum atomic E-state index is 14.2. The zero-order valence-electron chi connectivity index (χ0n) is 22.4. The Balaban J connectivity index is 1.14. The molecule has 2 saturated heterocycles. The second kappa shape index (κ2) is 12.8. The van der Waals surface area contributed by atoms with Gasteiger partial charge in [0.25, 0.3) is 5.91 Å². The van der Waals surface area contributed by atoms with E-state index in [2.05, 4.69) is 32.6 Å². The van der Waals surface area contributed by atoms with Crippen molar-refractivity contribution in [3.8, 4) is 5.75 Å². The molecule has 8 heteroatoms. The van der Waals surface area contributed by atoms with Crippen LogP contribution < -0.4 is 15.4 Å². The van der Waals surface area contributed by atoms with Crippen LogP contribution in [-0.2, 0) is 6.54 Å². The predicted molar refractivity (Wildman–Crippen MR) is 156 cm³/mol. The number of amides is 1. The number of ether oxygens (including phenoxy) is 1. The van der Waals surface area contributed by atoms with E-state index in [1.165, 1.54) is 63.9 Å². The Hall–Kier alpha value is -3.13. The summed E-state index contributed by atoms with van der Waals surface area (Å²) in [6, 6.07) is 18.2. The Labute approximate surface area is 235 Å². The number of hydrogen-bond acceptors (Lipinski definition) is 5. The molecule has 2 aliphatic heterocycles. The van der Waals surface area contributed by atoms with E-state index in [9.17, 15) is 9.18 Å². The van der Waals surface area contributed by atoms with Crippen molar-refractivity contribution in [3.63, 3.8) is 0 Å². The summed E-state index contributed by atoms with van der Waals surface area (Å²) >= 11 is 5.84. The van der Waals surface area contributed by atoms with Gasteiger partial charge in [-0.05, 0) is 106 Å². The molecule has 2 N–H and O–H groups in total. The van der Waals surface area contributed by atoms with Gasteiger partial charge >= 0.3 is 0 Å². The second-order valence-electron chi connectivity index (χ2n) is 10.4. The molecule has 0 bridgehead atoms. The molecule has 6 nitrogen and oxygen atoms in total. The van der Waals surface area contributed by atoms with E-state index in [1.54, 1.807) is 30.3 Å². The van der Waals surface area contributed by atoms with Crippen molar-refractivity contribution >= 4 is 34.6 Å². The Morgan fingerprint density at radius 1 is 0.949 bits per heavy atom. The van der Waals surface area contributed by atoms with E-state index in [1.807, 2.05) is 12.1 Å². The highest BCUT2D eigenvalue weighted by Gasteiger charge is 2.25. The zero-order chi connectivity index (χ0) is 27.2. The van der Waals surface area contributed by atoms with Crippen LogP contribution in [0.25, 0.3) is 0 Å². The van der Waals surface area contributed by atoms with E-state index in [4.69, 9.17) is 16.3 Å². The van der Waals surface area contributed by atoms with Crippen molar-refractivity contribution in [1.82, 2.24) is 9.80 Å². The largest absolute Gasteiger partial charge is 0.495 e. The first-order valence-electron chi connectivity index (χ1n) is 13.8. The molecule has 1 amide bonds. The normalized spacial score (nSPS) is 17.1. The van der Waals surface area contributed by atoms with E-state index in [0.29, 0.717) is 22.0 Å². The molecule has 3 aromatic carbocycles. The van der Waals surface area contributed by atoms with Gasteiger partial charge in [0.05, 0.1) is 18.5 Å². The lowest BCUT2D eigenvalue weighted by molar-refractivity contribution is 0.0896. The number of anilines is 3. The summed E-state index contributed by atoms with van der Waals surface area (Å²) in [6.07, 6.45) is 6.59. The van der Waals surface area contributed by atoms with Gasteiger partial charge in [0.2, 0.25) is 0 Å².